The smallest absolute Gasteiger partial charge is 0.272 e. The normalized spacial score (nSPS) is 19.3. The van der Waals surface area contributed by atoms with Crippen molar-refractivity contribution in [2.24, 2.45) is 7.05 Å². The van der Waals surface area contributed by atoms with E-state index < -0.39 is 0 Å². The molecular weight excluding hydrogens is 264 g/mol. The molecule has 1 aromatic rings. The number of piperidine rings is 1. The zero-order valence-electron chi connectivity index (χ0n) is 13.8. The third kappa shape index (κ3) is 3.84. The van der Waals surface area contributed by atoms with Gasteiger partial charge in [0.2, 0.25) is 0 Å². The van der Waals surface area contributed by atoms with Crippen molar-refractivity contribution in [2.75, 3.05) is 27.2 Å². The maximum Gasteiger partial charge on any atom is 0.272 e. The minimum Gasteiger partial charge on any atom is -0.334 e. The van der Waals surface area contributed by atoms with Crippen LogP contribution in [0.5, 0.6) is 0 Å². The van der Waals surface area contributed by atoms with Crippen LogP contribution in [0.2, 0.25) is 0 Å². The fourth-order valence-corrected chi connectivity index (χ4v) is 3.02. The van der Waals surface area contributed by atoms with E-state index in [4.69, 9.17) is 0 Å². The lowest BCUT2D eigenvalue weighted by Gasteiger charge is -2.36. The van der Waals surface area contributed by atoms with E-state index in [2.05, 4.69) is 35.9 Å². The van der Waals surface area contributed by atoms with Crippen LogP contribution in [0.4, 0.5) is 0 Å². The fourth-order valence-electron chi connectivity index (χ4n) is 3.02. The number of likely N-dealkylation sites (tertiary alicyclic amines) is 1. The molecule has 1 fully saturated rings. The molecule has 0 saturated carbocycles. The van der Waals surface area contributed by atoms with E-state index in [1.807, 2.05) is 13.1 Å². The Balaban J connectivity index is 2.12. The molecule has 5 nitrogen and oxygen atoms in total. The Bertz CT molecular complexity index is 481. The van der Waals surface area contributed by atoms with Crippen LogP contribution in [0.25, 0.3) is 0 Å². The molecule has 0 aliphatic carbocycles. The summed E-state index contributed by atoms with van der Waals surface area (Å²) in [7, 11) is 6.04. The Morgan fingerprint density at radius 1 is 1.43 bits per heavy atom. The molecule has 1 aliphatic heterocycles. The first-order valence-electron chi connectivity index (χ1n) is 8.01. The van der Waals surface area contributed by atoms with E-state index in [-0.39, 0.29) is 5.91 Å². The van der Waals surface area contributed by atoms with Crippen LogP contribution in [0.15, 0.2) is 6.07 Å². The maximum atomic E-state index is 12.9. The molecule has 1 saturated heterocycles. The summed E-state index contributed by atoms with van der Waals surface area (Å²) in [6, 6.07) is 2.31. The Morgan fingerprint density at radius 2 is 2.19 bits per heavy atom. The Kier molecular flexibility index (Phi) is 5.39. The molecule has 0 bridgehead atoms. The fraction of sp³-hybridized carbons (Fsp3) is 0.750. The third-order valence-corrected chi connectivity index (χ3v) is 4.31. The number of hydrogen-bond acceptors (Lipinski definition) is 3. The molecule has 0 spiro atoms. The van der Waals surface area contributed by atoms with Gasteiger partial charge in [0.05, 0.1) is 5.69 Å². The van der Waals surface area contributed by atoms with Gasteiger partial charge in [-0.25, -0.2) is 0 Å². The summed E-state index contributed by atoms with van der Waals surface area (Å²) in [5.41, 5.74) is 1.71. The SMILES string of the molecule is CCc1cc(C(=O)N2CCCC[C@@H]2CCN(C)C)n(C)n1. The van der Waals surface area contributed by atoms with Gasteiger partial charge in [-0.2, -0.15) is 5.10 Å². The van der Waals surface area contributed by atoms with Gasteiger partial charge in [0, 0.05) is 19.6 Å². The highest BCUT2D eigenvalue weighted by molar-refractivity contribution is 5.93. The topological polar surface area (TPSA) is 41.4 Å². The number of carbonyl (C=O) groups excluding carboxylic acids is 1. The predicted octanol–water partition coefficient (Wildman–Crippen LogP) is 1.93. The summed E-state index contributed by atoms with van der Waals surface area (Å²) in [4.78, 5) is 17.1. The van der Waals surface area contributed by atoms with Crippen molar-refractivity contribution in [1.82, 2.24) is 19.6 Å². The van der Waals surface area contributed by atoms with Crippen LogP contribution in [-0.2, 0) is 13.5 Å². The van der Waals surface area contributed by atoms with Gasteiger partial charge in [0.15, 0.2) is 0 Å². The van der Waals surface area contributed by atoms with Gasteiger partial charge < -0.3 is 9.80 Å². The van der Waals surface area contributed by atoms with Crippen LogP contribution in [-0.4, -0.2) is 58.7 Å². The third-order valence-electron chi connectivity index (χ3n) is 4.31. The summed E-state index contributed by atoms with van der Waals surface area (Å²) in [5.74, 6) is 0.146. The highest BCUT2D eigenvalue weighted by atomic mass is 16.2. The number of carbonyl (C=O) groups is 1. The molecule has 2 rings (SSSR count). The van der Waals surface area contributed by atoms with Crippen molar-refractivity contribution in [2.45, 2.75) is 45.1 Å². The lowest BCUT2D eigenvalue weighted by atomic mass is 9.98. The molecule has 1 atom stereocenters. The number of nitrogens with zero attached hydrogens (tertiary/aromatic N) is 4. The summed E-state index contributed by atoms with van der Waals surface area (Å²) < 4.78 is 1.73. The summed E-state index contributed by atoms with van der Waals surface area (Å²) >= 11 is 0. The number of hydrogen-bond donors (Lipinski definition) is 0. The monoisotopic (exact) mass is 292 g/mol. The molecule has 5 heteroatoms. The quantitative estimate of drug-likeness (QED) is 0.832. The molecule has 0 N–H and O–H groups in total. The van der Waals surface area contributed by atoms with E-state index in [1.165, 1.54) is 6.42 Å². The largest absolute Gasteiger partial charge is 0.334 e. The second-order valence-corrected chi connectivity index (χ2v) is 6.24. The van der Waals surface area contributed by atoms with E-state index >= 15 is 0 Å². The number of amides is 1. The van der Waals surface area contributed by atoms with Gasteiger partial charge in [-0.3, -0.25) is 9.48 Å². The number of aromatic nitrogens is 2. The molecule has 2 heterocycles. The van der Waals surface area contributed by atoms with E-state index in [1.54, 1.807) is 4.68 Å². The van der Waals surface area contributed by atoms with E-state index in [0.29, 0.717) is 6.04 Å². The molecule has 1 aliphatic rings. The average molecular weight is 292 g/mol. The van der Waals surface area contributed by atoms with E-state index in [0.717, 1.165) is 50.2 Å². The van der Waals surface area contributed by atoms with Crippen molar-refractivity contribution < 1.29 is 4.79 Å². The second-order valence-electron chi connectivity index (χ2n) is 6.24. The van der Waals surface area contributed by atoms with Crippen molar-refractivity contribution in [1.29, 1.82) is 0 Å². The van der Waals surface area contributed by atoms with Crippen LogP contribution < -0.4 is 0 Å². The van der Waals surface area contributed by atoms with Gasteiger partial charge in [-0.15, -0.1) is 0 Å². The Labute approximate surface area is 127 Å². The molecule has 0 radical (unpaired) electrons. The predicted molar refractivity (Wildman–Crippen MR) is 84.4 cm³/mol. The number of aryl methyl sites for hydroxylation is 2. The highest BCUT2D eigenvalue weighted by Crippen LogP contribution is 2.22. The lowest BCUT2D eigenvalue weighted by Crippen LogP contribution is -2.45. The molecule has 1 amide bonds. The van der Waals surface area contributed by atoms with Crippen molar-refractivity contribution >= 4 is 5.91 Å². The first-order chi connectivity index (χ1) is 10.0. The maximum absolute atomic E-state index is 12.9. The van der Waals surface area contributed by atoms with Crippen molar-refractivity contribution in [3.63, 3.8) is 0 Å². The van der Waals surface area contributed by atoms with Gasteiger partial charge in [-0.05, 0) is 58.8 Å². The summed E-state index contributed by atoms with van der Waals surface area (Å²) in [5, 5.41) is 4.41. The lowest BCUT2D eigenvalue weighted by molar-refractivity contribution is 0.0580. The molecule has 0 aromatic carbocycles. The van der Waals surface area contributed by atoms with Crippen LogP contribution in [0, 0.1) is 0 Å². The van der Waals surface area contributed by atoms with Crippen LogP contribution in [0.1, 0.15) is 48.8 Å². The zero-order valence-corrected chi connectivity index (χ0v) is 13.8. The molecule has 1 aromatic heterocycles. The average Bonchev–Trinajstić information content (AvgIpc) is 2.86. The molecule has 118 valence electrons. The van der Waals surface area contributed by atoms with Gasteiger partial charge in [0.25, 0.3) is 5.91 Å². The zero-order chi connectivity index (χ0) is 15.4. The first kappa shape index (κ1) is 16.0. The van der Waals surface area contributed by atoms with Gasteiger partial charge in [0.1, 0.15) is 5.69 Å². The second kappa shape index (κ2) is 7.07. The minimum atomic E-state index is 0.146. The molecule has 21 heavy (non-hydrogen) atoms. The number of rotatable bonds is 5. The van der Waals surface area contributed by atoms with Crippen LogP contribution >= 0.6 is 0 Å². The van der Waals surface area contributed by atoms with Crippen molar-refractivity contribution in [3.05, 3.63) is 17.5 Å². The van der Waals surface area contributed by atoms with Gasteiger partial charge in [-0.1, -0.05) is 6.92 Å². The van der Waals surface area contributed by atoms with Crippen LogP contribution in [0.3, 0.4) is 0 Å². The van der Waals surface area contributed by atoms with Gasteiger partial charge >= 0.3 is 0 Å². The molecule has 0 unspecified atom stereocenters. The summed E-state index contributed by atoms with van der Waals surface area (Å²) in [6.45, 7) is 3.97. The highest BCUT2D eigenvalue weighted by Gasteiger charge is 2.29. The standard InChI is InChI=1S/C16H28N4O/c1-5-13-12-15(19(4)17-13)16(21)20-10-7-6-8-14(20)9-11-18(2)3/h12,14H,5-11H2,1-4H3/t14-/m1/s1. The minimum absolute atomic E-state index is 0.146. The summed E-state index contributed by atoms with van der Waals surface area (Å²) in [6.07, 6.45) is 5.39. The molecular formula is C16H28N4O. The Morgan fingerprint density at radius 3 is 2.81 bits per heavy atom. The first-order valence-corrected chi connectivity index (χ1v) is 8.01. The van der Waals surface area contributed by atoms with E-state index in [9.17, 15) is 4.79 Å². The van der Waals surface area contributed by atoms with Crippen molar-refractivity contribution in [3.8, 4) is 0 Å². The Hall–Kier alpha value is -1.36.